The number of dihydropyridines is 1. The third-order valence-electron chi connectivity index (χ3n) is 5.64. The van der Waals surface area contributed by atoms with Crippen molar-refractivity contribution in [2.24, 2.45) is 21.2 Å². The van der Waals surface area contributed by atoms with Crippen LogP contribution >= 0.6 is 0 Å². The predicted molar refractivity (Wildman–Crippen MR) is 87.4 cm³/mol. The summed E-state index contributed by atoms with van der Waals surface area (Å²) in [6.07, 6.45) is 6.27. The van der Waals surface area contributed by atoms with Crippen LogP contribution in [0.1, 0.15) is 54.9 Å². The second-order valence-electron chi connectivity index (χ2n) is 8.86. The Morgan fingerprint density at radius 3 is 2.05 bits per heavy atom. The van der Waals surface area contributed by atoms with Gasteiger partial charge in [-0.3, -0.25) is 4.99 Å². The van der Waals surface area contributed by atoms with E-state index in [1.54, 1.807) is 5.47 Å². The molecule has 0 amide bonds. The van der Waals surface area contributed by atoms with E-state index in [2.05, 4.69) is 54.5 Å². The summed E-state index contributed by atoms with van der Waals surface area (Å²) in [5.41, 5.74) is 4.06. The Morgan fingerprint density at radius 1 is 1.05 bits per heavy atom. The van der Waals surface area contributed by atoms with E-state index in [-0.39, 0.29) is 5.41 Å². The minimum atomic E-state index is 0.190. The lowest BCUT2D eigenvalue weighted by Crippen LogP contribution is -2.25. The maximum atomic E-state index is 4.74. The zero-order chi connectivity index (χ0) is 14.5. The number of aliphatic imine (C=N–C) groups is 1. The molecule has 2 aliphatic heterocycles. The number of nitrogens with zero attached hydrogens (tertiary/aromatic N) is 1. The van der Waals surface area contributed by atoms with Crippen molar-refractivity contribution in [3.63, 3.8) is 0 Å². The average Bonchev–Trinajstić information content (AvgIpc) is 2.47. The molecule has 106 valence electrons. The lowest BCUT2D eigenvalue weighted by atomic mass is 9.40. The van der Waals surface area contributed by atoms with Gasteiger partial charge in [-0.2, -0.15) is 0 Å². The molecule has 0 saturated carbocycles. The van der Waals surface area contributed by atoms with Crippen LogP contribution in [-0.2, 0) is 0 Å². The molecule has 1 saturated heterocycles. The van der Waals surface area contributed by atoms with Gasteiger partial charge in [0.25, 0.3) is 0 Å². The molecular weight excluding hydrogens is 229 g/mol. The van der Waals surface area contributed by atoms with Gasteiger partial charge in [-0.15, -0.1) is 0 Å². The van der Waals surface area contributed by atoms with Crippen LogP contribution in [0.2, 0.25) is 12.6 Å². The van der Waals surface area contributed by atoms with Gasteiger partial charge in [-0.1, -0.05) is 66.6 Å². The van der Waals surface area contributed by atoms with Crippen LogP contribution in [0.4, 0.5) is 0 Å². The summed E-state index contributed by atoms with van der Waals surface area (Å²) < 4.78 is 0. The van der Waals surface area contributed by atoms with Crippen molar-refractivity contribution < 1.29 is 0 Å². The molecule has 0 aromatic carbocycles. The standard InChI is InChI=1S/C17H30BN/c1-15(2,3)14-10-13(8-9-19-14)18-11-16(4,5)17(6,7)12-18/h10H,8-9,11-12H2,1-7H3. The lowest BCUT2D eigenvalue weighted by molar-refractivity contribution is 0.177. The molecule has 1 nitrogen and oxygen atoms in total. The average molecular weight is 259 g/mol. The molecule has 1 fully saturated rings. The zero-order valence-corrected chi connectivity index (χ0v) is 13.9. The molecule has 0 unspecified atom stereocenters. The number of allylic oxidation sites excluding steroid dienone is 1. The molecule has 2 heteroatoms. The fourth-order valence-electron chi connectivity index (χ4n) is 3.49. The van der Waals surface area contributed by atoms with Crippen molar-refractivity contribution in [1.82, 2.24) is 0 Å². The van der Waals surface area contributed by atoms with Gasteiger partial charge in [-0.05, 0) is 23.3 Å². The summed E-state index contributed by atoms with van der Waals surface area (Å²) in [4.78, 5) is 4.74. The van der Waals surface area contributed by atoms with Crippen molar-refractivity contribution in [3.05, 3.63) is 11.5 Å². The summed E-state index contributed by atoms with van der Waals surface area (Å²) >= 11 is 0. The molecule has 0 N–H and O–H groups in total. The van der Waals surface area contributed by atoms with E-state index in [4.69, 9.17) is 4.99 Å². The zero-order valence-electron chi connectivity index (χ0n) is 13.9. The number of rotatable bonds is 1. The minimum absolute atomic E-state index is 0.190. The number of hydrogen-bond donors (Lipinski definition) is 0. The van der Waals surface area contributed by atoms with Crippen LogP contribution in [0.25, 0.3) is 0 Å². The fourth-order valence-corrected chi connectivity index (χ4v) is 3.49. The monoisotopic (exact) mass is 259 g/mol. The van der Waals surface area contributed by atoms with E-state index in [9.17, 15) is 0 Å². The van der Waals surface area contributed by atoms with Crippen LogP contribution in [0.15, 0.2) is 16.5 Å². The van der Waals surface area contributed by atoms with Gasteiger partial charge in [0.15, 0.2) is 6.71 Å². The highest BCUT2D eigenvalue weighted by atomic mass is 14.8. The van der Waals surface area contributed by atoms with Crippen LogP contribution in [0, 0.1) is 16.2 Å². The van der Waals surface area contributed by atoms with Gasteiger partial charge < -0.3 is 0 Å². The molecule has 0 aromatic rings. The molecule has 0 atom stereocenters. The minimum Gasteiger partial charge on any atom is -0.289 e. The summed E-state index contributed by atoms with van der Waals surface area (Å²) in [7, 11) is 0. The van der Waals surface area contributed by atoms with Crippen molar-refractivity contribution in [3.8, 4) is 0 Å². The van der Waals surface area contributed by atoms with Crippen LogP contribution < -0.4 is 0 Å². The first-order valence-electron chi connectivity index (χ1n) is 7.78. The topological polar surface area (TPSA) is 12.4 Å². The Balaban J connectivity index is 2.21. The highest BCUT2D eigenvalue weighted by molar-refractivity contribution is 6.68. The van der Waals surface area contributed by atoms with Gasteiger partial charge in [0.05, 0.1) is 0 Å². The van der Waals surface area contributed by atoms with E-state index in [1.807, 2.05) is 0 Å². The van der Waals surface area contributed by atoms with Crippen LogP contribution in [-0.4, -0.2) is 19.0 Å². The second kappa shape index (κ2) is 4.50. The summed E-state index contributed by atoms with van der Waals surface area (Å²) in [5.74, 6) is 0. The SMILES string of the molecule is CC(C)(C)C1=NCCC(B2CC(C)(C)C(C)(C)C2)=C1. The second-order valence-corrected chi connectivity index (χ2v) is 8.86. The Hall–Kier alpha value is -0.525. The molecule has 2 aliphatic rings. The fraction of sp³-hybridized carbons (Fsp3) is 0.824. The molecule has 0 aromatic heterocycles. The van der Waals surface area contributed by atoms with Crippen LogP contribution in [0.3, 0.4) is 0 Å². The Morgan fingerprint density at radius 2 is 1.58 bits per heavy atom. The summed E-state index contributed by atoms with van der Waals surface area (Å²) in [6, 6.07) is 0. The van der Waals surface area contributed by atoms with E-state index < -0.39 is 0 Å². The van der Waals surface area contributed by atoms with Crippen molar-refractivity contribution in [1.29, 1.82) is 0 Å². The van der Waals surface area contributed by atoms with E-state index >= 15 is 0 Å². The highest BCUT2D eigenvalue weighted by Crippen LogP contribution is 2.54. The Kier molecular flexibility index (Phi) is 3.52. The smallest absolute Gasteiger partial charge is 0.171 e. The van der Waals surface area contributed by atoms with Crippen molar-refractivity contribution >= 4 is 12.4 Å². The maximum Gasteiger partial charge on any atom is 0.171 e. The molecular formula is C17H30BN. The highest BCUT2D eigenvalue weighted by Gasteiger charge is 2.48. The molecule has 0 spiro atoms. The largest absolute Gasteiger partial charge is 0.289 e. The van der Waals surface area contributed by atoms with E-state index in [1.165, 1.54) is 24.8 Å². The quantitative estimate of drug-likeness (QED) is 0.594. The molecule has 19 heavy (non-hydrogen) atoms. The molecule has 2 heterocycles. The van der Waals surface area contributed by atoms with Gasteiger partial charge in [0.1, 0.15) is 0 Å². The normalized spacial score (nSPS) is 26.2. The third kappa shape index (κ3) is 2.83. The Bertz CT molecular complexity index is 405. The van der Waals surface area contributed by atoms with Gasteiger partial charge in [-0.25, -0.2) is 0 Å². The maximum absolute atomic E-state index is 4.74. The predicted octanol–water partition coefficient (Wildman–Crippen LogP) is 4.90. The van der Waals surface area contributed by atoms with Gasteiger partial charge >= 0.3 is 0 Å². The third-order valence-corrected chi connectivity index (χ3v) is 5.64. The molecule has 0 bridgehead atoms. The molecule has 0 aliphatic carbocycles. The van der Waals surface area contributed by atoms with Crippen LogP contribution in [0.5, 0.6) is 0 Å². The Labute approximate surface area is 120 Å². The molecule has 0 radical (unpaired) electrons. The summed E-state index contributed by atoms with van der Waals surface area (Å²) in [6.45, 7) is 18.3. The first-order chi connectivity index (χ1) is 8.53. The van der Waals surface area contributed by atoms with E-state index in [0.29, 0.717) is 10.8 Å². The molecule has 2 rings (SSSR count). The lowest BCUT2D eigenvalue weighted by Gasteiger charge is -2.35. The van der Waals surface area contributed by atoms with Crippen molar-refractivity contribution in [2.45, 2.75) is 67.5 Å². The van der Waals surface area contributed by atoms with E-state index in [0.717, 1.165) is 13.3 Å². The van der Waals surface area contributed by atoms with Gasteiger partial charge in [0, 0.05) is 17.7 Å². The first kappa shape index (κ1) is 14.9. The van der Waals surface area contributed by atoms with Gasteiger partial charge in [0.2, 0.25) is 0 Å². The first-order valence-corrected chi connectivity index (χ1v) is 7.78. The summed E-state index contributed by atoms with van der Waals surface area (Å²) in [5, 5.41) is 0. The van der Waals surface area contributed by atoms with Crippen molar-refractivity contribution in [2.75, 3.05) is 6.54 Å². The number of hydrogen-bond acceptors (Lipinski definition) is 1.